The third-order valence-corrected chi connectivity index (χ3v) is 4.70. The van der Waals surface area contributed by atoms with E-state index in [0.717, 1.165) is 28.9 Å². The van der Waals surface area contributed by atoms with Crippen LogP contribution < -0.4 is 10.5 Å². The molecule has 1 heterocycles. The molecule has 1 aliphatic rings. The number of hydrogen-bond donors (Lipinski definition) is 1. The van der Waals surface area contributed by atoms with E-state index < -0.39 is 5.54 Å². The van der Waals surface area contributed by atoms with Crippen LogP contribution in [-0.4, -0.2) is 30.4 Å². The highest BCUT2D eigenvalue weighted by molar-refractivity contribution is 5.98. The molecule has 2 aromatic carbocycles. The van der Waals surface area contributed by atoms with E-state index in [2.05, 4.69) is 30.1 Å². The molecule has 136 valence electrons. The van der Waals surface area contributed by atoms with Crippen LogP contribution in [0.5, 0.6) is 5.75 Å². The highest BCUT2D eigenvalue weighted by atomic mass is 16.5. The summed E-state index contributed by atoms with van der Waals surface area (Å²) in [6.45, 7) is 4.74. The van der Waals surface area contributed by atoms with E-state index in [0.29, 0.717) is 13.0 Å². The van der Waals surface area contributed by atoms with E-state index in [-0.39, 0.29) is 11.9 Å². The van der Waals surface area contributed by atoms with Crippen molar-refractivity contribution in [1.82, 2.24) is 4.90 Å². The second-order valence-electron chi connectivity index (χ2n) is 6.83. The summed E-state index contributed by atoms with van der Waals surface area (Å²) in [6.07, 6.45) is 1.27. The predicted molar refractivity (Wildman–Crippen MR) is 104 cm³/mol. The number of guanidine groups is 1. The van der Waals surface area contributed by atoms with Crippen molar-refractivity contribution in [3.8, 4) is 16.9 Å². The van der Waals surface area contributed by atoms with Crippen LogP contribution in [0, 0.1) is 0 Å². The Morgan fingerprint density at radius 1 is 1.19 bits per heavy atom. The molecular weight excluding hydrogens is 326 g/mol. The Morgan fingerprint density at radius 2 is 1.88 bits per heavy atom. The molecule has 1 aliphatic heterocycles. The number of nitrogens with zero attached hydrogens (tertiary/aromatic N) is 2. The Kier molecular flexibility index (Phi) is 4.98. The van der Waals surface area contributed by atoms with Crippen molar-refractivity contribution in [3.63, 3.8) is 0 Å². The standard InChI is InChI=1S/C21H25N3O2/c1-4-11-26-18-10-6-8-16(13-18)15-7-5-9-17(12-15)21(2)14-19(25)24(3)20(22)23-21/h5-10,12-13H,4,11,14H2,1-3H3,(H2,22,23). The molecule has 1 unspecified atom stereocenters. The second kappa shape index (κ2) is 7.20. The molecule has 0 aromatic heterocycles. The van der Waals surface area contributed by atoms with Gasteiger partial charge in [-0.1, -0.05) is 37.3 Å². The molecule has 5 nitrogen and oxygen atoms in total. The first-order valence-corrected chi connectivity index (χ1v) is 8.88. The number of carbonyl (C=O) groups excluding carboxylic acids is 1. The first kappa shape index (κ1) is 18.0. The van der Waals surface area contributed by atoms with Gasteiger partial charge in [-0.2, -0.15) is 0 Å². The van der Waals surface area contributed by atoms with Crippen molar-refractivity contribution in [2.24, 2.45) is 10.7 Å². The van der Waals surface area contributed by atoms with Crippen LogP contribution in [0.2, 0.25) is 0 Å². The average Bonchev–Trinajstić information content (AvgIpc) is 2.65. The van der Waals surface area contributed by atoms with E-state index >= 15 is 0 Å². The van der Waals surface area contributed by atoms with Gasteiger partial charge in [-0.25, -0.2) is 4.99 Å². The number of ether oxygens (including phenoxy) is 1. The Morgan fingerprint density at radius 3 is 2.58 bits per heavy atom. The highest BCUT2D eigenvalue weighted by Crippen LogP contribution is 2.35. The Bertz CT molecular complexity index is 847. The summed E-state index contributed by atoms with van der Waals surface area (Å²) in [4.78, 5) is 18.2. The van der Waals surface area contributed by atoms with Crippen LogP contribution in [-0.2, 0) is 10.3 Å². The van der Waals surface area contributed by atoms with Gasteiger partial charge in [-0.3, -0.25) is 9.69 Å². The molecular formula is C21H25N3O2. The van der Waals surface area contributed by atoms with Gasteiger partial charge in [0, 0.05) is 7.05 Å². The van der Waals surface area contributed by atoms with Crippen LogP contribution in [0.25, 0.3) is 11.1 Å². The second-order valence-corrected chi connectivity index (χ2v) is 6.83. The lowest BCUT2D eigenvalue weighted by Crippen LogP contribution is -2.47. The van der Waals surface area contributed by atoms with Crippen LogP contribution in [0.4, 0.5) is 0 Å². The van der Waals surface area contributed by atoms with Crippen molar-refractivity contribution in [1.29, 1.82) is 0 Å². The predicted octanol–water partition coefficient (Wildman–Crippen LogP) is 3.53. The number of aliphatic imine (C=N–C) groups is 1. The first-order chi connectivity index (χ1) is 12.4. The van der Waals surface area contributed by atoms with Crippen molar-refractivity contribution >= 4 is 11.9 Å². The molecule has 1 amide bonds. The summed E-state index contributed by atoms with van der Waals surface area (Å²) in [5, 5.41) is 0. The smallest absolute Gasteiger partial charge is 0.231 e. The van der Waals surface area contributed by atoms with E-state index in [1.807, 2.05) is 37.3 Å². The van der Waals surface area contributed by atoms with Gasteiger partial charge in [0.05, 0.1) is 18.6 Å². The fourth-order valence-electron chi connectivity index (χ4n) is 3.09. The summed E-state index contributed by atoms with van der Waals surface area (Å²) >= 11 is 0. The molecule has 2 N–H and O–H groups in total. The number of carbonyl (C=O) groups is 1. The van der Waals surface area contributed by atoms with Gasteiger partial charge >= 0.3 is 0 Å². The fourth-order valence-corrected chi connectivity index (χ4v) is 3.09. The Labute approximate surface area is 154 Å². The lowest BCUT2D eigenvalue weighted by molar-refractivity contribution is -0.128. The van der Waals surface area contributed by atoms with Crippen LogP contribution in [0.3, 0.4) is 0 Å². The summed E-state index contributed by atoms with van der Waals surface area (Å²) in [5.41, 5.74) is 8.39. The minimum absolute atomic E-state index is 0.0274. The molecule has 0 saturated carbocycles. The summed E-state index contributed by atoms with van der Waals surface area (Å²) in [6, 6.07) is 16.2. The molecule has 26 heavy (non-hydrogen) atoms. The molecule has 0 saturated heterocycles. The monoisotopic (exact) mass is 351 g/mol. The zero-order valence-corrected chi connectivity index (χ0v) is 15.5. The quantitative estimate of drug-likeness (QED) is 0.896. The highest BCUT2D eigenvalue weighted by Gasteiger charge is 2.36. The lowest BCUT2D eigenvalue weighted by atomic mass is 9.86. The maximum atomic E-state index is 12.2. The van der Waals surface area contributed by atoms with Crippen molar-refractivity contribution in [3.05, 3.63) is 54.1 Å². The van der Waals surface area contributed by atoms with Gasteiger partial charge in [0.2, 0.25) is 5.91 Å². The Balaban J connectivity index is 1.95. The van der Waals surface area contributed by atoms with Gasteiger partial charge < -0.3 is 10.5 Å². The molecule has 2 aromatic rings. The van der Waals surface area contributed by atoms with Crippen LogP contribution in [0.15, 0.2) is 53.5 Å². The fraction of sp³-hybridized carbons (Fsp3) is 0.333. The van der Waals surface area contributed by atoms with Gasteiger partial charge in [0.1, 0.15) is 5.75 Å². The largest absolute Gasteiger partial charge is 0.494 e. The minimum atomic E-state index is -0.653. The molecule has 3 rings (SSSR count). The van der Waals surface area contributed by atoms with Gasteiger partial charge in [-0.05, 0) is 48.2 Å². The number of benzene rings is 2. The lowest BCUT2D eigenvalue weighted by Gasteiger charge is -2.33. The molecule has 1 atom stereocenters. The van der Waals surface area contributed by atoms with Crippen molar-refractivity contribution < 1.29 is 9.53 Å². The zero-order valence-electron chi connectivity index (χ0n) is 15.5. The summed E-state index contributed by atoms with van der Waals surface area (Å²) < 4.78 is 5.74. The molecule has 0 aliphatic carbocycles. The Hall–Kier alpha value is -2.82. The molecule has 0 radical (unpaired) electrons. The third-order valence-electron chi connectivity index (χ3n) is 4.70. The number of rotatable bonds is 5. The van der Waals surface area contributed by atoms with Crippen LogP contribution >= 0.6 is 0 Å². The summed E-state index contributed by atoms with van der Waals surface area (Å²) in [7, 11) is 1.65. The first-order valence-electron chi connectivity index (χ1n) is 8.88. The third kappa shape index (κ3) is 3.57. The van der Waals surface area contributed by atoms with Gasteiger partial charge in [0.25, 0.3) is 0 Å². The average molecular weight is 351 g/mol. The van der Waals surface area contributed by atoms with E-state index in [1.165, 1.54) is 4.90 Å². The topological polar surface area (TPSA) is 67.9 Å². The van der Waals surface area contributed by atoms with Crippen LogP contribution in [0.1, 0.15) is 32.3 Å². The maximum Gasteiger partial charge on any atom is 0.231 e. The number of amides is 1. The van der Waals surface area contributed by atoms with E-state index in [4.69, 9.17) is 10.5 Å². The summed E-state index contributed by atoms with van der Waals surface area (Å²) in [5.74, 6) is 1.09. The molecule has 0 fully saturated rings. The SMILES string of the molecule is CCCOc1cccc(-c2cccc(C3(C)CC(=O)N(C)C(N)=N3)c2)c1. The van der Waals surface area contributed by atoms with Gasteiger partial charge in [-0.15, -0.1) is 0 Å². The van der Waals surface area contributed by atoms with Gasteiger partial charge in [0.15, 0.2) is 5.96 Å². The number of hydrogen-bond acceptors (Lipinski definition) is 4. The van der Waals surface area contributed by atoms with Crippen molar-refractivity contribution in [2.45, 2.75) is 32.2 Å². The number of nitrogens with two attached hydrogens (primary N) is 1. The van der Waals surface area contributed by atoms with E-state index in [1.54, 1.807) is 7.05 Å². The molecule has 5 heteroatoms. The minimum Gasteiger partial charge on any atom is -0.494 e. The van der Waals surface area contributed by atoms with E-state index in [9.17, 15) is 4.79 Å². The normalized spacial score (nSPS) is 20.0. The van der Waals surface area contributed by atoms with Crippen molar-refractivity contribution in [2.75, 3.05) is 13.7 Å². The molecule has 0 spiro atoms. The zero-order chi connectivity index (χ0) is 18.7. The molecule has 0 bridgehead atoms. The maximum absolute atomic E-state index is 12.2.